The Morgan fingerprint density at radius 1 is 0.698 bits per heavy atom. The minimum absolute atomic E-state index is 0.00118. The van der Waals surface area contributed by atoms with Crippen molar-refractivity contribution in [3.63, 3.8) is 0 Å². The molecule has 0 bridgehead atoms. The van der Waals surface area contributed by atoms with E-state index in [1.807, 2.05) is 20.8 Å². The highest BCUT2D eigenvalue weighted by atomic mass is 16.2. The van der Waals surface area contributed by atoms with Crippen molar-refractivity contribution in [3.8, 4) is 0 Å². The van der Waals surface area contributed by atoms with E-state index in [2.05, 4.69) is 25.9 Å². The number of carbonyl (C=O) groups is 5. The second-order valence-electron chi connectivity index (χ2n) is 11.0. The van der Waals surface area contributed by atoms with Gasteiger partial charge in [0.05, 0.1) is 6.54 Å². The molecule has 0 heterocycles. The fourth-order valence-electron chi connectivity index (χ4n) is 4.23. The van der Waals surface area contributed by atoms with E-state index in [-0.39, 0.29) is 53.7 Å². The lowest BCUT2D eigenvalue weighted by atomic mass is 9.99. The molecule has 3 amide bonds. The van der Waals surface area contributed by atoms with Crippen LogP contribution in [-0.4, -0.2) is 73.4 Å². The lowest BCUT2D eigenvalue weighted by Crippen LogP contribution is -2.50. The van der Waals surface area contributed by atoms with Gasteiger partial charge in [-0.05, 0) is 51.4 Å². The number of hydrogen-bond acceptors (Lipinski definition) is 7. The van der Waals surface area contributed by atoms with E-state index >= 15 is 0 Å². The molecule has 0 aromatic heterocycles. The lowest BCUT2D eigenvalue weighted by Gasteiger charge is -2.19. The van der Waals surface area contributed by atoms with Crippen LogP contribution >= 0.6 is 0 Å². The summed E-state index contributed by atoms with van der Waals surface area (Å²) in [4.78, 5) is 69.5. The Labute approximate surface area is 256 Å². The maximum atomic E-state index is 12.8. The number of ketones is 2. The highest BCUT2D eigenvalue weighted by Crippen LogP contribution is 2.11. The summed E-state index contributed by atoms with van der Waals surface area (Å²) in [5.74, 6) is -1.11. The van der Waals surface area contributed by atoms with Crippen LogP contribution in [0.4, 0.5) is 0 Å². The molecule has 0 aliphatic carbocycles. The molecule has 2 atom stereocenters. The molecule has 0 aromatic rings. The van der Waals surface area contributed by atoms with Crippen molar-refractivity contribution < 1.29 is 24.0 Å². The van der Waals surface area contributed by atoms with Gasteiger partial charge in [-0.3, -0.25) is 34.0 Å². The Hall–Kier alpha value is -3.71. The van der Waals surface area contributed by atoms with Crippen LogP contribution in [0.1, 0.15) is 97.8 Å². The van der Waals surface area contributed by atoms with Crippen LogP contribution < -0.4 is 38.9 Å². The summed E-state index contributed by atoms with van der Waals surface area (Å²) in [7, 11) is 0. The largest absolute Gasteiger partial charge is 0.370 e. The molecule has 0 spiro atoms. The summed E-state index contributed by atoms with van der Waals surface area (Å²) in [6, 6.07) is -0.824. The van der Waals surface area contributed by atoms with Gasteiger partial charge in [0, 0.05) is 50.7 Å². The van der Waals surface area contributed by atoms with Gasteiger partial charge in [0.25, 0.3) is 0 Å². The fourth-order valence-corrected chi connectivity index (χ4v) is 4.23. The van der Waals surface area contributed by atoms with Gasteiger partial charge in [-0.1, -0.05) is 27.2 Å². The number of unbranched alkanes of at least 4 members (excludes halogenated alkanes) is 2. The first-order valence-corrected chi connectivity index (χ1v) is 15.4. The molecule has 246 valence electrons. The Bertz CT molecular complexity index is 929. The molecule has 0 saturated carbocycles. The standard InChI is InChI=1S/C29H55N9O5/c1-4-21(11-9-17-35-28(30)31)26(42)37-19-25(41)38-23(14-10-18-36-29(32)33)27(43)34-16-7-5-6-12-22(39)13-8-15-24(40)20(2)3/h20-21,23H,4-19H2,1-3H3,(H,34,43)(H,37,42)(H,38,41)(H4,30,31,35)(H4,32,33,36). The second kappa shape index (κ2) is 23.8. The first-order chi connectivity index (χ1) is 20.4. The van der Waals surface area contributed by atoms with Gasteiger partial charge in [-0.15, -0.1) is 0 Å². The average Bonchev–Trinajstić information content (AvgIpc) is 2.94. The molecule has 0 rings (SSSR count). The molecule has 0 aliphatic rings. The number of hydrogen-bond donors (Lipinski definition) is 7. The number of nitrogens with one attached hydrogen (secondary N) is 3. The zero-order valence-corrected chi connectivity index (χ0v) is 26.3. The van der Waals surface area contributed by atoms with Crippen LogP contribution in [0.15, 0.2) is 9.98 Å². The number of carbonyl (C=O) groups excluding carboxylic acids is 5. The molecule has 0 aromatic carbocycles. The molecule has 11 N–H and O–H groups in total. The summed E-state index contributed by atoms with van der Waals surface area (Å²) in [5.41, 5.74) is 21.4. The number of nitrogens with zero attached hydrogens (tertiary/aromatic N) is 2. The normalized spacial score (nSPS) is 12.1. The van der Waals surface area contributed by atoms with Gasteiger partial charge in [-0.2, -0.15) is 0 Å². The van der Waals surface area contributed by atoms with Gasteiger partial charge in [0.2, 0.25) is 17.7 Å². The highest BCUT2D eigenvalue weighted by Gasteiger charge is 2.22. The molecule has 14 nitrogen and oxygen atoms in total. The Kier molecular flexibility index (Phi) is 21.8. The van der Waals surface area contributed by atoms with Gasteiger partial charge in [0.1, 0.15) is 17.6 Å². The third-order valence-electron chi connectivity index (χ3n) is 6.84. The smallest absolute Gasteiger partial charge is 0.242 e. The van der Waals surface area contributed by atoms with E-state index in [1.165, 1.54) is 0 Å². The number of Topliss-reactive ketones (excluding diaryl/α,β-unsaturated/α-hetero) is 2. The van der Waals surface area contributed by atoms with Crippen molar-refractivity contribution in [1.82, 2.24) is 16.0 Å². The molecule has 43 heavy (non-hydrogen) atoms. The first kappa shape index (κ1) is 39.3. The lowest BCUT2D eigenvalue weighted by molar-refractivity contribution is -0.131. The Morgan fingerprint density at radius 3 is 1.88 bits per heavy atom. The number of rotatable bonds is 25. The van der Waals surface area contributed by atoms with Crippen LogP contribution in [0.25, 0.3) is 0 Å². The fraction of sp³-hybridized carbons (Fsp3) is 0.759. The van der Waals surface area contributed by atoms with Crippen LogP contribution in [0.2, 0.25) is 0 Å². The van der Waals surface area contributed by atoms with Crippen LogP contribution in [0.3, 0.4) is 0 Å². The minimum Gasteiger partial charge on any atom is -0.370 e. The zero-order chi connectivity index (χ0) is 32.6. The number of guanidine groups is 2. The summed E-state index contributed by atoms with van der Waals surface area (Å²) in [6.45, 7) is 6.45. The van der Waals surface area contributed by atoms with Gasteiger partial charge in [-0.25, -0.2) is 0 Å². The van der Waals surface area contributed by atoms with Gasteiger partial charge < -0.3 is 38.9 Å². The van der Waals surface area contributed by atoms with Gasteiger partial charge >= 0.3 is 0 Å². The maximum absolute atomic E-state index is 12.8. The second-order valence-corrected chi connectivity index (χ2v) is 11.0. The zero-order valence-electron chi connectivity index (χ0n) is 26.3. The van der Waals surface area contributed by atoms with Crippen molar-refractivity contribution in [2.75, 3.05) is 26.2 Å². The molecule has 0 aliphatic heterocycles. The van der Waals surface area contributed by atoms with Crippen molar-refractivity contribution in [1.29, 1.82) is 0 Å². The molecule has 0 fully saturated rings. The minimum atomic E-state index is -0.824. The van der Waals surface area contributed by atoms with Crippen molar-refractivity contribution in [2.45, 2.75) is 104 Å². The Morgan fingerprint density at radius 2 is 1.30 bits per heavy atom. The SMILES string of the molecule is CCC(CCCN=C(N)N)C(=O)NCC(=O)NC(CCCN=C(N)N)C(=O)NCCCCCC(=O)CCCC(=O)C(C)C. The van der Waals surface area contributed by atoms with E-state index in [9.17, 15) is 24.0 Å². The number of nitrogens with two attached hydrogens (primary N) is 4. The van der Waals surface area contributed by atoms with E-state index in [4.69, 9.17) is 22.9 Å². The maximum Gasteiger partial charge on any atom is 0.242 e. The summed E-state index contributed by atoms with van der Waals surface area (Å²) in [5, 5.41) is 8.17. The van der Waals surface area contributed by atoms with E-state index in [1.54, 1.807) is 0 Å². The van der Waals surface area contributed by atoms with Crippen molar-refractivity contribution in [3.05, 3.63) is 0 Å². The number of aliphatic imine (C=N–C) groups is 2. The van der Waals surface area contributed by atoms with Crippen LogP contribution in [0, 0.1) is 11.8 Å². The van der Waals surface area contributed by atoms with E-state index in [0.717, 1.165) is 6.42 Å². The average molecular weight is 610 g/mol. The third-order valence-corrected chi connectivity index (χ3v) is 6.84. The topological polar surface area (TPSA) is 250 Å². The molecule has 0 radical (unpaired) electrons. The summed E-state index contributed by atoms with van der Waals surface area (Å²) >= 11 is 0. The van der Waals surface area contributed by atoms with Crippen molar-refractivity contribution in [2.24, 2.45) is 44.8 Å². The molecule has 14 heteroatoms. The Balaban J connectivity index is 4.62. The van der Waals surface area contributed by atoms with Crippen LogP contribution in [-0.2, 0) is 24.0 Å². The number of amides is 3. The molecule has 2 unspecified atom stereocenters. The van der Waals surface area contributed by atoms with E-state index in [0.29, 0.717) is 90.3 Å². The molecular weight excluding hydrogens is 554 g/mol. The molecule has 0 saturated heterocycles. The highest BCUT2D eigenvalue weighted by molar-refractivity contribution is 5.90. The van der Waals surface area contributed by atoms with E-state index < -0.39 is 11.9 Å². The molecular formula is C29H55N9O5. The van der Waals surface area contributed by atoms with Gasteiger partial charge in [0.15, 0.2) is 11.9 Å². The van der Waals surface area contributed by atoms with Crippen LogP contribution in [0.5, 0.6) is 0 Å². The quantitative estimate of drug-likeness (QED) is 0.0428. The van der Waals surface area contributed by atoms with Crippen molar-refractivity contribution >= 4 is 41.2 Å². The summed E-state index contributed by atoms with van der Waals surface area (Å²) < 4.78 is 0. The monoisotopic (exact) mass is 609 g/mol. The predicted molar refractivity (Wildman–Crippen MR) is 169 cm³/mol. The third kappa shape index (κ3) is 21.6. The summed E-state index contributed by atoms with van der Waals surface area (Å²) in [6.07, 6.45) is 6.60. The first-order valence-electron chi connectivity index (χ1n) is 15.4. The predicted octanol–water partition coefficient (Wildman–Crippen LogP) is 0.362.